The highest BCUT2D eigenvalue weighted by Crippen LogP contribution is 2.23. The number of amides is 1. The lowest BCUT2D eigenvalue weighted by Crippen LogP contribution is -2.33. The zero-order valence-electron chi connectivity index (χ0n) is 8.34. The first-order chi connectivity index (χ1) is 7.48. The Morgan fingerprint density at radius 3 is 2.69 bits per heavy atom. The molecule has 1 N–H and O–H groups in total. The quantitative estimate of drug-likeness (QED) is 0.723. The van der Waals surface area contributed by atoms with Crippen molar-refractivity contribution in [2.45, 2.75) is 18.1 Å². The van der Waals surface area contributed by atoms with Crippen molar-refractivity contribution in [2.75, 3.05) is 5.32 Å². The second-order valence-corrected chi connectivity index (χ2v) is 5.22. The lowest BCUT2D eigenvalue weighted by Gasteiger charge is -2.16. The van der Waals surface area contributed by atoms with Crippen LogP contribution in [0.25, 0.3) is 0 Å². The molecule has 1 aromatic carbocycles. The summed E-state index contributed by atoms with van der Waals surface area (Å²) in [6.45, 7) is 0. The molecule has 5 nitrogen and oxygen atoms in total. The van der Waals surface area contributed by atoms with E-state index < -0.39 is 21.3 Å². The predicted octanol–water partition coefficient (Wildman–Crippen LogP) is 0.485. The van der Waals surface area contributed by atoms with Crippen LogP contribution >= 0.6 is 0 Å². The maximum absolute atomic E-state index is 11.5. The number of para-hydroxylation sites is 1. The predicted molar refractivity (Wildman–Crippen MR) is 56.9 cm³/mol. The summed E-state index contributed by atoms with van der Waals surface area (Å²) in [5.74, 6) is -0.736. The van der Waals surface area contributed by atoms with Gasteiger partial charge in [0.15, 0.2) is 0 Å². The molecule has 2 rings (SSSR count). The van der Waals surface area contributed by atoms with Crippen molar-refractivity contribution in [1.82, 2.24) is 0 Å². The van der Waals surface area contributed by atoms with Gasteiger partial charge in [-0.1, -0.05) is 18.2 Å². The molecule has 0 saturated carbocycles. The molecule has 1 aliphatic rings. The van der Waals surface area contributed by atoms with Gasteiger partial charge in [-0.05, 0) is 24.5 Å². The maximum Gasteiger partial charge on any atom is 0.241 e. The summed E-state index contributed by atoms with van der Waals surface area (Å²) in [6.07, 6.45) is 0.440. The lowest BCUT2D eigenvalue weighted by atomic mass is 10.1. The highest BCUT2D eigenvalue weighted by Gasteiger charge is 2.28. The fourth-order valence-electron chi connectivity index (χ4n) is 1.77. The van der Waals surface area contributed by atoms with E-state index in [1.807, 2.05) is 0 Å². The van der Waals surface area contributed by atoms with E-state index in [9.17, 15) is 17.8 Å². The molecule has 0 fully saturated rings. The highest BCUT2D eigenvalue weighted by molar-refractivity contribution is 7.87. The summed E-state index contributed by atoms with van der Waals surface area (Å²) >= 11 is 0. The van der Waals surface area contributed by atoms with Crippen molar-refractivity contribution in [2.24, 2.45) is 0 Å². The average Bonchev–Trinajstić information content (AvgIpc) is 2.34. The van der Waals surface area contributed by atoms with Crippen molar-refractivity contribution >= 4 is 21.7 Å². The molecule has 0 aromatic heterocycles. The molecule has 1 unspecified atom stereocenters. The summed E-state index contributed by atoms with van der Waals surface area (Å²) in [5.41, 5.74) is 1.43. The SMILES string of the molecule is O=C1Nc2ccccc2CCC1S(=O)(=O)[O-]. The third-order valence-electron chi connectivity index (χ3n) is 2.59. The molecule has 0 aliphatic carbocycles. The molecule has 1 amide bonds. The van der Waals surface area contributed by atoms with Crippen molar-refractivity contribution in [3.63, 3.8) is 0 Å². The van der Waals surface area contributed by atoms with Gasteiger partial charge in [-0.25, -0.2) is 8.42 Å². The third-order valence-corrected chi connectivity index (χ3v) is 3.74. The first kappa shape index (κ1) is 11.1. The minimum Gasteiger partial charge on any atom is -0.747 e. The number of rotatable bonds is 1. The van der Waals surface area contributed by atoms with Crippen LogP contribution in [0, 0.1) is 0 Å². The second-order valence-electron chi connectivity index (χ2n) is 3.67. The van der Waals surface area contributed by atoms with Gasteiger partial charge in [0.25, 0.3) is 0 Å². The van der Waals surface area contributed by atoms with Crippen LogP contribution in [-0.4, -0.2) is 24.1 Å². The van der Waals surface area contributed by atoms with Gasteiger partial charge in [0.2, 0.25) is 5.91 Å². The molecule has 86 valence electrons. The van der Waals surface area contributed by atoms with Crippen LogP contribution in [0.15, 0.2) is 24.3 Å². The Kier molecular flexibility index (Phi) is 2.69. The normalized spacial score (nSPS) is 20.8. The molecule has 0 bridgehead atoms. The van der Waals surface area contributed by atoms with Crippen LogP contribution in [0.1, 0.15) is 12.0 Å². The molecule has 0 radical (unpaired) electrons. The second kappa shape index (κ2) is 3.88. The van der Waals surface area contributed by atoms with Crippen LogP contribution in [0.3, 0.4) is 0 Å². The number of aryl methyl sites for hydroxylation is 1. The minimum atomic E-state index is -4.58. The van der Waals surface area contributed by atoms with Gasteiger partial charge < -0.3 is 9.87 Å². The van der Waals surface area contributed by atoms with Crippen LogP contribution in [-0.2, 0) is 21.3 Å². The van der Waals surface area contributed by atoms with Crippen LogP contribution in [0.5, 0.6) is 0 Å². The summed E-state index contributed by atoms with van der Waals surface area (Å²) in [7, 11) is -4.58. The Morgan fingerprint density at radius 1 is 1.31 bits per heavy atom. The van der Waals surface area contributed by atoms with Crippen LogP contribution in [0.2, 0.25) is 0 Å². The van der Waals surface area contributed by atoms with Crippen molar-refractivity contribution in [3.05, 3.63) is 29.8 Å². The van der Waals surface area contributed by atoms with Gasteiger partial charge >= 0.3 is 0 Å². The average molecular weight is 240 g/mol. The number of fused-ring (bicyclic) bond motifs is 1. The van der Waals surface area contributed by atoms with Gasteiger partial charge in [-0.15, -0.1) is 0 Å². The van der Waals surface area contributed by atoms with Gasteiger partial charge in [0, 0.05) is 5.69 Å². The number of hydrogen-bond acceptors (Lipinski definition) is 4. The zero-order valence-corrected chi connectivity index (χ0v) is 9.16. The van der Waals surface area contributed by atoms with Gasteiger partial charge in [0.05, 0.1) is 0 Å². The molecule has 1 heterocycles. The summed E-state index contributed by atoms with van der Waals surface area (Å²) in [6, 6.07) is 7.03. The molecular weight excluding hydrogens is 230 g/mol. The van der Waals surface area contributed by atoms with Crippen molar-refractivity contribution < 1.29 is 17.8 Å². The number of hydrogen-bond donors (Lipinski definition) is 1. The molecule has 16 heavy (non-hydrogen) atoms. The molecule has 1 atom stereocenters. The number of benzene rings is 1. The fourth-order valence-corrected chi connectivity index (χ4v) is 2.49. The van der Waals surface area contributed by atoms with E-state index in [-0.39, 0.29) is 6.42 Å². The molecule has 6 heteroatoms. The minimum absolute atomic E-state index is 0.0364. The smallest absolute Gasteiger partial charge is 0.241 e. The molecule has 1 aliphatic heterocycles. The third kappa shape index (κ3) is 2.07. The van der Waals surface area contributed by atoms with Crippen molar-refractivity contribution in [3.8, 4) is 0 Å². The summed E-state index contributed by atoms with van der Waals surface area (Å²) in [5, 5.41) is 0.975. The Bertz CT molecular complexity index is 523. The number of carbonyl (C=O) groups excluding carboxylic acids is 1. The Morgan fingerprint density at radius 2 is 2.00 bits per heavy atom. The summed E-state index contributed by atoms with van der Waals surface area (Å²) in [4.78, 5) is 11.5. The first-order valence-corrected chi connectivity index (χ1v) is 6.29. The summed E-state index contributed by atoms with van der Waals surface area (Å²) < 4.78 is 32.7. The van der Waals surface area contributed by atoms with E-state index in [1.54, 1.807) is 24.3 Å². The highest BCUT2D eigenvalue weighted by atomic mass is 32.2. The number of carbonyl (C=O) groups is 1. The maximum atomic E-state index is 11.5. The Balaban J connectivity index is 2.36. The van der Waals surface area contributed by atoms with E-state index in [4.69, 9.17) is 0 Å². The Hall–Kier alpha value is -1.40. The number of nitrogens with one attached hydrogen (secondary N) is 1. The van der Waals surface area contributed by atoms with E-state index in [0.29, 0.717) is 12.1 Å². The zero-order chi connectivity index (χ0) is 11.8. The molecule has 0 saturated heterocycles. The van der Waals surface area contributed by atoms with E-state index in [2.05, 4.69) is 5.32 Å². The van der Waals surface area contributed by atoms with Gasteiger partial charge in [-0.2, -0.15) is 0 Å². The molecule has 0 spiro atoms. The first-order valence-electron chi connectivity index (χ1n) is 4.82. The van der Waals surface area contributed by atoms with Gasteiger partial charge in [0.1, 0.15) is 15.4 Å². The molecular formula is C10H10NO4S-. The fraction of sp³-hybridized carbons (Fsp3) is 0.300. The van der Waals surface area contributed by atoms with Crippen molar-refractivity contribution in [1.29, 1.82) is 0 Å². The topological polar surface area (TPSA) is 86.3 Å². The lowest BCUT2D eigenvalue weighted by molar-refractivity contribution is -0.115. The van der Waals surface area contributed by atoms with E-state index in [1.165, 1.54) is 0 Å². The number of anilines is 1. The van der Waals surface area contributed by atoms with E-state index in [0.717, 1.165) is 5.56 Å². The Labute approximate surface area is 93.2 Å². The van der Waals surface area contributed by atoms with Gasteiger partial charge in [-0.3, -0.25) is 4.79 Å². The standard InChI is InChI=1S/C10H11NO4S/c12-10-9(16(13,14)15)6-5-7-3-1-2-4-8(7)11-10/h1-4,9H,5-6H2,(H,11,12)(H,13,14,15)/p-1. The van der Waals surface area contributed by atoms with Crippen LogP contribution in [0.4, 0.5) is 5.69 Å². The van der Waals surface area contributed by atoms with Crippen LogP contribution < -0.4 is 5.32 Å². The monoisotopic (exact) mass is 240 g/mol. The van der Waals surface area contributed by atoms with E-state index >= 15 is 0 Å². The molecule has 1 aromatic rings. The largest absolute Gasteiger partial charge is 0.747 e.